The number of ether oxygens (including phenoxy) is 2. The van der Waals surface area contributed by atoms with Crippen molar-refractivity contribution >= 4 is 23.3 Å². The fourth-order valence-electron chi connectivity index (χ4n) is 4.70. The molecule has 0 bridgehead atoms. The predicted octanol–water partition coefficient (Wildman–Crippen LogP) is 5.36. The van der Waals surface area contributed by atoms with E-state index in [0.717, 1.165) is 43.6 Å². The number of rotatable bonds is 7. The maximum Gasteiger partial charge on any atom is 0.408 e. The van der Waals surface area contributed by atoms with Crippen LogP contribution in [0.2, 0.25) is 0 Å². The molecule has 0 radical (unpaired) electrons. The van der Waals surface area contributed by atoms with Gasteiger partial charge < -0.3 is 20.1 Å². The molecule has 2 fully saturated rings. The van der Waals surface area contributed by atoms with E-state index in [-0.39, 0.29) is 6.09 Å². The lowest BCUT2D eigenvalue weighted by molar-refractivity contribution is 0.0477. The molecule has 168 valence electrons. The van der Waals surface area contributed by atoms with E-state index in [9.17, 15) is 4.79 Å². The number of alkyl carbamates (subject to hydrolysis) is 1. The number of carbonyl (C=O) groups is 1. The number of carbonyl (C=O) groups excluding carboxylic acids is 1. The van der Waals surface area contributed by atoms with Crippen LogP contribution in [0.15, 0.2) is 0 Å². The van der Waals surface area contributed by atoms with Gasteiger partial charge in [0.05, 0.1) is 11.6 Å². The molecule has 2 N–H and O–H groups in total. The van der Waals surface area contributed by atoms with Crippen LogP contribution < -0.4 is 10.6 Å². The molecule has 0 heterocycles. The van der Waals surface area contributed by atoms with Crippen LogP contribution in [-0.2, 0) is 9.47 Å². The van der Waals surface area contributed by atoms with E-state index in [1.54, 1.807) is 7.11 Å². The smallest absolute Gasteiger partial charge is 0.408 e. The molecule has 0 saturated heterocycles. The molecule has 1 atom stereocenters. The zero-order chi connectivity index (χ0) is 21.5. The first-order valence-corrected chi connectivity index (χ1v) is 11.8. The van der Waals surface area contributed by atoms with Gasteiger partial charge in [0.2, 0.25) is 0 Å². The maximum absolute atomic E-state index is 12.6. The van der Waals surface area contributed by atoms with Crippen LogP contribution >= 0.6 is 12.2 Å². The van der Waals surface area contributed by atoms with E-state index in [2.05, 4.69) is 17.6 Å². The third-order valence-corrected chi connectivity index (χ3v) is 6.97. The van der Waals surface area contributed by atoms with Gasteiger partial charge in [0, 0.05) is 13.7 Å². The summed E-state index contributed by atoms with van der Waals surface area (Å²) in [5, 5.41) is 6.62. The van der Waals surface area contributed by atoms with E-state index >= 15 is 0 Å². The molecule has 2 saturated carbocycles. The lowest BCUT2D eigenvalue weighted by Crippen LogP contribution is -2.58. The molecule has 0 aliphatic heterocycles. The van der Waals surface area contributed by atoms with Crippen molar-refractivity contribution in [3.05, 3.63) is 0 Å². The normalized spacial score (nSPS) is 25.7. The second-order valence-electron chi connectivity index (χ2n) is 10.3. The fourth-order valence-corrected chi connectivity index (χ4v) is 4.92. The molecule has 6 heteroatoms. The molecular weight excluding hydrogens is 384 g/mol. The summed E-state index contributed by atoms with van der Waals surface area (Å²) in [5.41, 5.74) is -1.10. The zero-order valence-corrected chi connectivity index (χ0v) is 20.0. The summed E-state index contributed by atoms with van der Waals surface area (Å²) in [4.78, 5) is 13.3. The third-order valence-electron chi connectivity index (χ3n) is 6.38. The molecule has 2 aliphatic rings. The number of hydrogen-bond acceptors (Lipinski definition) is 4. The van der Waals surface area contributed by atoms with Gasteiger partial charge in [-0.2, -0.15) is 0 Å². The number of hydrogen-bond donors (Lipinski definition) is 2. The Morgan fingerprint density at radius 3 is 2.14 bits per heavy atom. The Balaban J connectivity index is 1.96. The van der Waals surface area contributed by atoms with Gasteiger partial charge in [-0.25, -0.2) is 4.79 Å². The Bertz CT molecular complexity index is 535. The summed E-state index contributed by atoms with van der Waals surface area (Å²) in [5.74, 6) is 1.21. The first-order valence-electron chi connectivity index (χ1n) is 11.4. The highest BCUT2D eigenvalue weighted by molar-refractivity contribution is 7.80. The summed E-state index contributed by atoms with van der Waals surface area (Å²) < 4.78 is 11.0. The van der Waals surface area contributed by atoms with Crippen molar-refractivity contribution in [3.63, 3.8) is 0 Å². The average Bonchev–Trinajstić information content (AvgIpc) is 2.65. The van der Waals surface area contributed by atoms with E-state index in [0.29, 0.717) is 17.9 Å². The maximum atomic E-state index is 12.6. The van der Waals surface area contributed by atoms with Crippen LogP contribution in [0.25, 0.3) is 0 Å². The van der Waals surface area contributed by atoms with Gasteiger partial charge >= 0.3 is 6.09 Å². The van der Waals surface area contributed by atoms with Crippen LogP contribution in [0.3, 0.4) is 0 Å². The predicted molar refractivity (Wildman–Crippen MR) is 122 cm³/mol. The minimum absolute atomic E-state index is 0.388. The highest BCUT2D eigenvalue weighted by atomic mass is 32.1. The number of amides is 1. The molecule has 0 aromatic heterocycles. The van der Waals surface area contributed by atoms with Crippen molar-refractivity contribution in [1.82, 2.24) is 10.6 Å². The minimum atomic E-state index is -0.580. The van der Waals surface area contributed by atoms with Crippen LogP contribution in [-0.4, -0.2) is 42.0 Å². The summed E-state index contributed by atoms with van der Waals surface area (Å²) >= 11 is 5.83. The van der Waals surface area contributed by atoms with Crippen LogP contribution in [0.5, 0.6) is 0 Å². The van der Waals surface area contributed by atoms with Crippen molar-refractivity contribution in [2.75, 3.05) is 13.7 Å². The minimum Gasteiger partial charge on any atom is -0.444 e. The molecular formula is C23H42N2O3S. The largest absolute Gasteiger partial charge is 0.444 e. The lowest BCUT2D eigenvalue weighted by Gasteiger charge is -2.37. The SMILES string of the molecule is COC1CCC(CNC(=S)[C@@](C)(CC2CCCCC2)NC(=O)OC(C)(C)C)CC1. The highest BCUT2D eigenvalue weighted by Gasteiger charge is 2.36. The monoisotopic (exact) mass is 426 g/mol. The molecule has 0 aromatic carbocycles. The topological polar surface area (TPSA) is 59.6 Å². The van der Waals surface area contributed by atoms with Gasteiger partial charge in [-0.3, -0.25) is 0 Å². The summed E-state index contributed by atoms with van der Waals surface area (Å²) in [6, 6.07) is 0. The summed E-state index contributed by atoms with van der Waals surface area (Å²) in [6.45, 7) is 8.59. The Morgan fingerprint density at radius 1 is 0.966 bits per heavy atom. The van der Waals surface area contributed by atoms with Gasteiger partial charge in [-0.05, 0) is 71.6 Å². The van der Waals surface area contributed by atoms with Gasteiger partial charge in [0.15, 0.2) is 0 Å². The fraction of sp³-hybridized carbons (Fsp3) is 0.913. The molecule has 0 unspecified atom stereocenters. The third kappa shape index (κ3) is 8.41. The lowest BCUT2D eigenvalue weighted by atomic mass is 9.79. The van der Waals surface area contributed by atoms with Gasteiger partial charge in [0.25, 0.3) is 0 Å². The molecule has 2 rings (SSSR count). The quantitative estimate of drug-likeness (QED) is 0.537. The number of nitrogens with one attached hydrogen (secondary N) is 2. The molecule has 5 nitrogen and oxygen atoms in total. The number of thiocarbonyl (C=S) groups is 1. The van der Waals surface area contributed by atoms with Crippen molar-refractivity contribution in [2.45, 2.75) is 109 Å². The highest BCUT2D eigenvalue weighted by Crippen LogP contribution is 2.32. The van der Waals surface area contributed by atoms with Gasteiger partial charge in [-0.15, -0.1) is 0 Å². The van der Waals surface area contributed by atoms with Crippen molar-refractivity contribution in [3.8, 4) is 0 Å². The van der Waals surface area contributed by atoms with Crippen LogP contribution in [0.4, 0.5) is 4.79 Å². The number of methoxy groups -OCH3 is 1. The van der Waals surface area contributed by atoms with Crippen LogP contribution in [0.1, 0.15) is 91.9 Å². The molecule has 2 aliphatic carbocycles. The second-order valence-corrected chi connectivity index (χ2v) is 10.7. The summed E-state index contributed by atoms with van der Waals surface area (Å²) in [6.07, 6.45) is 11.7. The Labute approximate surface area is 183 Å². The first-order chi connectivity index (χ1) is 13.6. The first kappa shape index (κ1) is 24.4. The molecule has 29 heavy (non-hydrogen) atoms. The Hall–Kier alpha value is -0.880. The van der Waals surface area contributed by atoms with E-state index in [1.807, 2.05) is 20.8 Å². The molecule has 1 amide bonds. The van der Waals surface area contributed by atoms with Crippen LogP contribution in [0, 0.1) is 11.8 Å². The van der Waals surface area contributed by atoms with Crippen molar-refractivity contribution in [1.29, 1.82) is 0 Å². The van der Waals surface area contributed by atoms with E-state index in [4.69, 9.17) is 21.7 Å². The van der Waals surface area contributed by atoms with E-state index < -0.39 is 11.1 Å². The van der Waals surface area contributed by atoms with Crippen molar-refractivity contribution < 1.29 is 14.3 Å². The molecule has 0 spiro atoms. The second kappa shape index (κ2) is 10.9. The zero-order valence-electron chi connectivity index (χ0n) is 19.1. The summed E-state index contributed by atoms with van der Waals surface area (Å²) in [7, 11) is 1.80. The standard InChI is InChI=1S/C23H42N2O3S/c1-22(2,3)28-21(26)25-23(4,15-17-9-7-6-8-10-17)20(29)24-16-18-11-13-19(27-5)14-12-18/h17-19H,6-16H2,1-5H3,(H,24,29)(H,25,26)/t18?,19?,23-/m1/s1. The van der Waals surface area contributed by atoms with Gasteiger partial charge in [0.1, 0.15) is 10.6 Å². The van der Waals surface area contributed by atoms with Gasteiger partial charge in [-0.1, -0.05) is 44.3 Å². The average molecular weight is 427 g/mol. The Kier molecular flexibility index (Phi) is 9.20. The molecule has 0 aromatic rings. The van der Waals surface area contributed by atoms with E-state index in [1.165, 1.54) is 32.1 Å². The van der Waals surface area contributed by atoms with Crippen molar-refractivity contribution in [2.24, 2.45) is 11.8 Å². The Morgan fingerprint density at radius 2 is 1.59 bits per heavy atom.